The van der Waals surface area contributed by atoms with Crippen LogP contribution in [0.3, 0.4) is 0 Å². The SMILES string of the molecule is Cc1ccc2c(-c3ccc(C(C)(C)C)cc3)ccc([O][Al]([O]c3ccc4cc(-c5ccccc5)ccc4c3)[O]c3ccc(-c4ccc(C(C)(C)C)cc4)c4ccc(C)nc34)c2n1. The molecule has 62 heavy (non-hydrogen) atoms. The zero-order chi connectivity index (χ0) is 43.2. The van der Waals surface area contributed by atoms with E-state index >= 15 is 0 Å². The first-order valence-electron chi connectivity index (χ1n) is 21.4. The number of hydrogen-bond acceptors (Lipinski definition) is 5. The van der Waals surface area contributed by atoms with Crippen LogP contribution in [0.1, 0.15) is 64.1 Å². The van der Waals surface area contributed by atoms with Crippen molar-refractivity contribution in [2.24, 2.45) is 0 Å². The molecule has 0 atom stereocenters. The van der Waals surface area contributed by atoms with E-state index in [0.717, 1.165) is 71.8 Å². The lowest BCUT2D eigenvalue weighted by atomic mass is 9.86. The van der Waals surface area contributed by atoms with Gasteiger partial charge in [-0.05, 0) is 122 Å². The van der Waals surface area contributed by atoms with Crippen molar-refractivity contribution in [2.75, 3.05) is 0 Å². The number of rotatable bonds is 9. The Kier molecular flexibility index (Phi) is 10.9. The summed E-state index contributed by atoms with van der Waals surface area (Å²) < 4.78 is 20.8. The van der Waals surface area contributed by atoms with Crippen LogP contribution in [-0.4, -0.2) is 25.1 Å². The first kappa shape index (κ1) is 40.9. The summed E-state index contributed by atoms with van der Waals surface area (Å²) in [4.78, 5) is 10.1. The van der Waals surface area contributed by atoms with Crippen LogP contribution in [0.5, 0.6) is 17.2 Å². The van der Waals surface area contributed by atoms with E-state index in [2.05, 4.69) is 181 Å². The van der Waals surface area contributed by atoms with Crippen molar-refractivity contribution in [3.05, 3.63) is 186 Å². The van der Waals surface area contributed by atoms with Gasteiger partial charge in [0.15, 0.2) is 0 Å². The number of benzene rings is 7. The smallest absolute Gasteiger partial charge is 0.577 e. The molecule has 306 valence electrons. The quantitative estimate of drug-likeness (QED) is 0.136. The van der Waals surface area contributed by atoms with Crippen molar-refractivity contribution in [3.8, 4) is 50.6 Å². The van der Waals surface area contributed by atoms with Crippen molar-refractivity contribution in [1.29, 1.82) is 0 Å². The fraction of sp³-hybridized carbons (Fsp3) is 0.179. The number of aromatic nitrogens is 2. The van der Waals surface area contributed by atoms with Gasteiger partial charge in [0.25, 0.3) is 0 Å². The van der Waals surface area contributed by atoms with E-state index in [1.165, 1.54) is 16.7 Å². The number of nitrogens with zero attached hydrogens (tertiary/aromatic N) is 2. The fourth-order valence-corrected chi connectivity index (χ4v) is 9.38. The number of aryl methyl sites for hydroxylation is 2. The molecule has 0 unspecified atom stereocenters. The van der Waals surface area contributed by atoms with Crippen LogP contribution in [0, 0.1) is 13.8 Å². The van der Waals surface area contributed by atoms with E-state index in [9.17, 15) is 0 Å². The molecule has 2 aromatic heterocycles. The van der Waals surface area contributed by atoms with E-state index in [-0.39, 0.29) is 10.8 Å². The van der Waals surface area contributed by atoms with Crippen molar-refractivity contribution in [3.63, 3.8) is 0 Å². The molecule has 0 amide bonds. The van der Waals surface area contributed by atoms with E-state index in [4.69, 9.17) is 21.3 Å². The van der Waals surface area contributed by atoms with Gasteiger partial charge in [0.05, 0.1) is 5.75 Å². The van der Waals surface area contributed by atoms with E-state index in [0.29, 0.717) is 17.2 Å². The summed E-state index contributed by atoms with van der Waals surface area (Å²) in [7, 11) is 0. The lowest BCUT2D eigenvalue weighted by Crippen LogP contribution is -2.37. The molecule has 0 saturated heterocycles. The molecule has 5 nitrogen and oxygen atoms in total. The second-order valence-corrected chi connectivity index (χ2v) is 19.6. The van der Waals surface area contributed by atoms with Crippen LogP contribution in [0.2, 0.25) is 0 Å². The van der Waals surface area contributed by atoms with Crippen molar-refractivity contribution in [1.82, 2.24) is 9.97 Å². The van der Waals surface area contributed by atoms with Crippen LogP contribution >= 0.6 is 0 Å². The Labute approximate surface area is 370 Å². The third-order valence-electron chi connectivity index (χ3n) is 11.6. The predicted molar refractivity (Wildman–Crippen MR) is 258 cm³/mol. The minimum atomic E-state index is -3.11. The van der Waals surface area contributed by atoms with Crippen LogP contribution in [0.25, 0.3) is 66.0 Å². The van der Waals surface area contributed by atoms with Gasteiger partial charge in [-0.1, -0.05) is 163 Å². The van der Waals surface area contributed by atoms with Gasteiger partial charge < -0.3 is 11.4 Å². The maximum atomic E-state index is 6.98. The molecule has 0 aliphatic rings. The summed E-state index contributed by atoms with van der Waals surface area (Å²) in [5, 5.41) is 4.17. The normalized spacial score (nSPS) is 11.9. The molecule has 9 rings (SSSR count). The Hall–Kier alpha value is -6.45. The Morgan fingerprint density at radius 2 is 0.871 bits per heavy atom. The van der Waals surface area contributed by atoms with E-state index in [1.54, 1.807) is 0 Å². The highest BCUT2D eigenvalue weighted by molar-refractivity contribution is 6.40. The van der Waals surface area contributed by atoms with Gasteiger partial charge in [0.2, 0.25) is 0 Å². The maximum absolute atomic E-state index is 6.98. The zero-order valence-corrected chi connectivity index (χ0v) is 37.9. The summed E-state index contributed by atoms with van der Waals surface area (Å²) >= 11 is -3.11. The largest absolute Gasteiger partial charge is 1.20 e. The van der Waals surface area contributed by atoms with Gasteiger partial charge in [0.1, 0.15) is 22.5 Å². The number of hydrogen-bond donors (Lipinski definition) is 0. The van der Waals surface area contributed by atoms with Crippen LogP contribution < -0.4 is 11.4 Å². The minimum Gasteiger partial charge on any atom is -0.577 e. The van der Waals surface area contributed by atoms with Crippen molar-refractivity contribution >= 4 is 47.7 Å². The molecule has 0 radical (unpaired) electrons. The zero-order valence-electron chi connectivity index (χ0n) is 36.8. The number of fused-ring (bicyclic) bond motifs is 3. The Bertz CT molecular complexity index is 2930. The van der Waals surface area contributed by atoms with Gasteiger partial charge in [-0.15, -0.1) is 0 Å². The lowest BCUT2D eigenvalue weighted by Gasteiger charge is -2.21. The average molecular weight is 827 g/mol. The first-order chi connectivity index (χ1) is 29.8. The fourth-order valence-electron chi connectivity index (χ4n) is 8.07. The molecule has 0 bridgehead atoms. The molecule has 9 aromatic rings. The summed E-state index contributed by atoms with van der Waals surface area (Å²) in [6, 6.07) is 57.4. The summed E-state index contributed by atoms with van der Waals surface area (Å²) in [5.41, 5.74) is 12.7. The number of pyridine rings is 2. The Balaban J connectivity index is 1.12. The van der Waals surface area contributed by atoms with Crippen LogP contribution in [-0.2, 0) is 10.8 Å². The molecular formula is C56H51AlN2O3. The highest BCUT2D eigenvalue weighted by Crippen LogP contribution is 2.38. The summed E-state index contributed by atoms with van der Waals surface area (Å²) in [6.45, 7) is 17.4. The third-order valence-corrected chi connectivity index (χ3v) is 13.0. The van der Waals surface area contributed by atoms with Crippen LogP contribution in [0.4, 0.5) is 0 Å². The van der Waals surface area contributed by atoms with Gasteiger partial charge in [-0.25, -0.2) is 9.97 Å². The molecule has 0 N–H and O–H groups in total. The van der Waals surface area contributed by atoms with Gasteiger partial charge in [0, 0.05) is 22.2 Å². The first-order valence-corrected chi connectivity index (χ1v) is 22.8. The van der Waals surface area contributed by atoms with Crippen molar-refractivity contribution < 1.29 is 11.4 Å². The van der Waals surface area contributed by atoms with Gasteiger partial charge in [-0.3, -0.25) is 0 Å². The minimum absolute atomic E-state index is 0.0598. The van der Waals surface area contributed by atoms with Crippen molar-refractivity contribution in [2.45, 2.75) is 66.2 Å². The second kappa shape index (κ2) is 16.4. The maximum Gasteiger partial charge on any atom is 1.20 e. The second-order valence-electron chi connectivity index (χ2n) is 18.3. The molecule has 0 spiro atoms. The molecular weight excluding hydrogens is 776 g/mol. The van der Waals surface area contributed by atoms with E-state index in [1.807, 2.05) is 38.1 Å². The Morgan fingerprint density at radius 1 is 0.403 bits per heavy atom. The third kappa shape index (κ3) is 8.55. The summed E-state index contributed by atoms with van der Waals surface area (Å²) in [5.74, 6) is 1.87. The monoisotopic (exact) mass is 826 g/mol. The predicted octanol–water partition coefficient (Wildman–Crippen LogP) is 14.7. The highest BCUT2D eigenvalue weighted by atomic mass is 27.3. The molecule has 0 saturated carbocycles. The lowest BCUT2D eigenvalue weighted by molar-refractivity contribution is 0.310. The molecule has 0 aliphatic carbocycles. The van der Waals surface area contributed by atoms with E-state index < -0.39 is 15.1 Å². The van der Waals surface area contributed by atoms with Gasteiger partial charge in [-0.2, -0.15) is 0 Å². The molecule has 2 heterocycles. The molecule has 6 heteroatoms. The standard InChI is InChI=1S/2C20H21NO.C16H12O.Al/c2*1-13-5-10-17-16(11-12-18(22)19(17)21-13)14-6-8-15(9-7-14)20(2,3)4;17-16-9-8-14-10-13(6-7-15(14)11-16)12-4-2-1-3-5-12;/h2*5-12,22H,1-4H3;1-11,17H;/q;;;+3/p-3. The molecule has 7 aromatic carbocycles. The topological polar surface area (TPSA) is 53.5 Å². The summed E-state index contributed by atoms with van der Waals surface area (Å²) in [6.07, 6.45) is 0. The highest BCUT2D eigenvalue weighted by Gasteiger charge is 2.45. The van der Waals surface area contributed by atoms with Gasteiger partial charge >= 0.3 is 15.1 Å². The Morgan fingerprint density at radius 3 is 1.37 bits per heavy atom. The molecule has 0 fully saturated rings. The average Bonchev–Trinajstić information content (AvgIpc) is 3.26. The van der Waals surface area contributed by atoms with Crippen LogP contribution in [0.15, 0.2) is 164 Å². The molecule has 0 aliphatic heterocycles.